The molecule has 1 amide bonds. The van der Waals surface area contributed by atoms with Crippen molar-refractivity contribution in [2.24, 2.45) is 0 Å². The van der Waals surface area contributed by atoms with Gasteiger partial charge in [-0.25, -0.2) is 4.98 Å². The van der Waals surface area contributed by atoms with Crippen molar-refractivity contribution >= 4 is 17.2 Å². The van der Waals surface area contributed by atoms with Crippen molar-refractivity contribution in [2.45, 2.75) is 39.8 Å². The van der Waals surface area contributed by atoms with Crippen LogP contribution in [0.2, 0.25) is 0 Å². The molecule has 1 atom stereocenters. The van der Waals surface area contributed by atoms with Crippen LogP contribution in [0.4, 0.5) is 0 Å². The average Bonchev–Trinajstić information content (AvgIpc) is 2.96. The monoisotopic (exact) mass is 277 g/mol. The van der Waals surface area contributed by atoms with E-state index in [9.17, 15) is 4.79 Å². The van der Waals surface area contributed by atoms with Gasteiger partial charge in [0.1, 0.15) is 10.7 Å². The Kier molecular flexibility index (Phi) is 4.04. The summed E-state index contributed by atoms with van der Waals surface area (Å²) >= 11 is 1.57. The van der Waals surface area contributed by atoms with Crippen LogP contribution >= 0.6 is 11.3 Å². The van der Waals surface area contributed by atoms with Crippen molar-refractivity contribution < 1.29 is 4.79 Å². The van der Waals surface area contributed by atoms with Gasteiger partial charge in [-0.05, 0) is 39.8 Å². The molecule has 0 spiro atoms. The Bertz CT molecular complexity index is 571. The minimum Gasteiger partial charge on any atom is -0.342 e. The SMILES string of the molecule is Cc1csc([C@H](C)NC(=O)c2cccn2C(C)C)n1. The first-order valence-corrected chi connectivity index (χ1v) is 7.26. The van der Waals surface area contributed by atoms with Gasteiger partial charge in [-0.1, -0.05) is 0 Å². The highest BCUT2D eigenvalue weighted by Gasteiger charge is 2.17. The Morgan fingerprint density at radius 2 is 2.16 bits per heavy atom. The summed E-state index contributed by atoms with van der Waals surface area (Å²) in [6, 6.07) is 3.94. The zero-order valence-electron chi connectivity index (χ0n) is 11.7. The van der Waals surface area contributed by atoms with E-state index >= 15 is 0 Å². The summed E-state index contributed by atoms with van der Waals surface area (Å²) in [4.78, 5) is 16.7. The van der Waals surface area contributed by atoms with E-state index in [1.54, 1.807) is 11.3 Å². The van der Waals surface area contributed by atoms with Gasteiger partial charge >= 0.3 is 0 Å². The van der Waals surface area contributed by atoms with E-state index < -0.39 is 0 Å². The van der Waals surface area contributed by atoms with Crippen molar-refractivity contribution in [3.63, 3.8) is 0 Å². The fourth-order valence-corrected chi connectivity index (χ4v) is 2.74. The maximum atomic E-state index is 12.3. The smallest absolute Gasteiger partial charge is 0.268 e. The van der Waals surface area contributed by atoms with Crippen LogP contribution in [0.25, 0.3) is 0 Å². The van der Waals surface area contributed by atoms with Gasteiger partial charge < -0.3 is 9.88 Å². The molecule has 0 bridgehead atoms. The number of aryl methyl sites for hydroxylation is 1. The molecular formula is C14H19N3OS. The molecular weight excluding hydrogens is 258 g/mol. The van der Waals surface area contributed by atoms with E-state index in [1.165, 1.54) is 0 Å². The minimum absolute atomic E-state index is 0.0564. The van der Waals surface area contributed by atoms with E-state index in [0.717, 1.165) is 10.7 Å². The highest BCUT2D eigenvalue weighted by molar-refractivity contribution is 7.09. The third-order valence-corrected chi connectivity index (χ3v) is 4.07. The molecule has 0 unspecified atom stereocenters. The first-order valence-electron chi connectivity index (χ1n) is 6.38. The second-order valence-corrected chi connectivity index (χ2v) is 5.81. The number of hydrogen-bond donors (Lipinski definition) is 1. The molecule has 0 aliphatic rings. The molecule has 0 aromatic carbocycles. The molecule has 0 fully saturated rings. The van der Waals surface area contributed by atoms with Crippen LogP contribution in [0.3, 0.4) is 0 Å². The first-order chi connectivity index (χ1) is 8.99. The summed E-state index contributed by atoms with van der Waals surface area (Å²) in [5, 5.41) is 5.93. The molecule has 2 heterocycles. The number of carbonyl (C=O) groups is 1. The second kappa shape index (κ2) is 5.57. The van der Waals surface area contributed by atoms with Gasteiger partial charge in [0, 0.05) is 23.3 Å². The fraction of sp³-hybridized carbons (Fsp3) is 0.429. The molecule has 0 aliphatic carbocycles. The number of nitrogens with zero attached hydrogens (tertiary/aromatic N) is 2. The third kappa shape index (κ3) is 3.04. The predicted molar refractivity (Wildman–Crippen MR) is 77.5 cm³/mol. The maximum absolute atomic E-state index is 12.3. The summed E-state index contributed by atoms with van der Waals surface area (Å²) in [6.07, 6.45) is 1.93. The lowest BCUT2D eigenvalue weighted by Crippen LogP contribution is -2.28. The second-order valence-electron chi connectivity index (χ2n) is 4.92. The number of amides is 1. The molecule has 0 saturated carbocycles. The van der Waals surface area contributed by atoms with E-state index in [1.807, 2.05) is 42.1 Å². The number of hydrogen-bond acceptors (Lipinski definition) is 3. The van der Waals surface area contributed by atoms with Gasteiger partial charge in [0.2, 0.25) is 0 Å². The Morgan fingerprint density at radius 1 is 1.42 bits per heavy atom. The van der Waals surface area contributed by atoms with Crippen molar-refractivity contribution in [2.75, 3.05) is 0 Å². The Balaban J connectivity index is 2.10. The van der Waals surface area contributed by atoms with E-state index in [-0.39, 0.29) is 18.0 Å². The van der Waals surface area contributed by atoms with Gasteiger partial charge in [-0.15, -0.1) is 11.3 Å². The molecule has 2 aromatic rings. The van der Waals surface area contributed by atoms with Crippen molar-refractivity contribution in [1.29, 1.82) is 0 Å². The topological polar surface area (TPSA) is 46.9 Å². The van der Waals surface area contributed by atoms with Crippen LogP contribution in [0.1, 0.15) is 54.0 Å². The van der Waals surface area contributed by atoms with Crippen molar-refractivity contribution in [1.82, 2.24) is 14.9 Å². The Hall–Kier alpha value is -1.62. The number of rotatable bonds is 4. The van der Waals surface area contributed by atoms with Crippen LogP contribution in [-0.2, 0) is 0 Å². The average molecular weight is 277 g/mol. The number of carbonyl (C=O) groups excluding carboxylic acids is 1. The summed E-state index contributed by atoms with van der Waals surface area (Å²) in [5.74, 6) is -0.0564. The molecule has 2 aromatic heterocycles. The summed E-state index contributed by atoms with van der Waals surface area (Å²) in [5.41, 5.74) is 1.68. The van der Waals surface area contributed by atoms with Gasteiger partial charge in [-0.2, -0.15) is 0 Å². The molecule has 5 heteroatoms. The lowest BCUT2D eigenvalue weighted by Gasteiger charge is -2.15. The number of thiazole rings is 1. The molecule has 2 rings (SSSR count). The molecule has 4 nitrogen and oxygen atoms in total. The highest BCUT2D eigenvalue weighted by atomic mass is 32.1. The van der Waals surface area contributed by atoms with Crippen LogP contribution < -0.4 is 5.32 Å². The van der Waals surface area contributed by atoms with Crippen molar-refractivity contribution in [3.05, 3.63) is 40.1 Å². The number of nitrogens with one attached hydrogen (secondary N) is 1. The predicted octanol–water partition coefficient (Wildman–Crippen LogP) is 3.32. The van der Waals surface area contributed by atoms with Crippen molar-refractivity contribution in [3.8, 4) is 0 Å². The van der Waals surface area contributed by atoms with Gasteiger partial charge in [0.15, 0.2) is 0 Å². The van der Waals surface area contributed by atoms with E-state index in [0.29, 0.717) is 5.69 Å². The molecule has 0 saturated heterocycles. The molecule has 0 aliphatic heterocycles. The zero-order valence-corrected chi connectivity index (χ0v) is 12.5. The van der Waals surface area contributed by atoms with E-state index in [4.69, 9.17) is 0 Å². The van der Waals surface area contributed by atoms with E-state index in [2.05, 4.69) is 24.1 Å². The number of aromatic nitrogens is 2. The van der Waals surface area contributed by atoms with Crippen LogP contribution in [0, 0.1) is 6.92 Å². The van der Waals surface area contributed by atoms with Gasteiger partial charge in [0.05, 0.1) is 6.04 Å². The molecule has 1 N–H and O–H groups in total. The Labute approximate surface area is 117 Å². The largest absolute Gasteiger partial charge is 0.342 e. The van der Waals surface area contributed by atoms with Crippen LogP contribution in [-0.4, -0.2) is 15.5 Å². The minimum atomic E-state index is -0.0679. The summed E-state index contributed by atoms with van der Waals surface area (Å²) in [7, 11) is 0. The zero-order chi connectivity index (χ0) is 14.0. The van der Waals surface area contributed by atoms with Gasteiger partial charge in [-0.3, -0.25) is 4.79 Å². The molecule has 0 radical (unpaired) electrons. The lowest BCUT2D eigenvalue weighted by atomic mass is 10.3. The van der Waals surface area contributed by atoms with Crippen LogP contribution in [0.5, 0.6) is 0 Å². The normalized spacial score (nSPS) is 12.7. The quantitative estimate of drug-likeness (QED) is 0.932. The summed E-state index contributed by atoms with van der Waals surface area (Å²) < 4.78 is 1.97. The lowest BCUT2D eigenvalue weighted by molar-refractivity contribution is 0.0929. The maximum Gasteiger partial charge on any atom is 0.268 e. The molecule has 102 valence electrons. The fourth-order valence-electron chi connectivity index (χ4n) is 1.94. The summed E-state index contributed by atoms with van der Waals surface area (Å²) in [6.45, 7) is 8.03. The Morgan fingerprint density at radius 3 is 2.74 bits per heavy atom. The van der Waals surface area contributed by atoms with Crippen LogP contribution in [0.15, 0.2) is 23.7 Å². The van der Waals surface area contributed by atoms with Gasteiger partial charge in [0.25, 0.3) is 5.91 Å². The first kappa shape index (κ1) is 13.8. The third-order valence-electron chi connectivity index (χ3n) is 2.92. The highest BCUT2D eigenvalue weighted by Crippen LogP contribution is 2.18. The standard InChI is InChI=1S/C14H19N3OS/c1-9(2)17-7-5-6-12(17)13(18)16-11(4)14-15-10(3)8-19-14/h5-9,11H,1-4H3,(H,16,18)/t11-/m0/s1. The molecule has 19 heavy (non-hydrogen) atoms.